The van der Waals surface area contributed by atoms with Gasteiger partial charge in [0.1, 0.15) is 5.82 Å². The van der Waals surface area contributed by atoms with Crippen LogP contribution in [0.25, 0.3) is 11.0 Å². The summed E-state index contributed by atoms with van der Waals surface area (Å²) in [6.07, 6.45) is 5.06. The van der Waals surface area contributed by atoms with E-state index in [1.165, 1.54) is 5.56 Å². The highest BCUT2D eigenvalue weighted by Gasteiger charge is 2.30. The van der Waals surface area contributed by atoms with Crippen molar-refractivity contribution in [2.75, 3.05) is 32.7 Å². The van der Waals surface area contributed by atoms with Crippen molar-refractivity contribution in [3.05, 3.63) is 88.6 Å². The van der Waals surface area contributed by atoms with Gasteiger partial charge in [0, 0.05) is 26.7 Å². The molecule has 2 aromatic carbocycles. The topological polar surface area (TPSA) is 41.4 Å². The van der Waals surface area contributed by atoms with Crippen molar-refractivity contribution in [3.8, 4) is 0 Å². The van der Waals surface area contributed by atoms with Gasteiger partial charge in [0.25, 0.3) is 5.91 Å². The number of aryl methyl sites for hydroxylation is 1. The van der Waals surface area contributed by atoms with Crippen LogP contribution in [-0.2, 0) is 7.05 Å². The highest BCUT2D eigenvalue weighted by molar-refractivity contribution is 7.07. The van der Waals surface area contributed by atoms with Crippen LogP contribution >= 0.6 is 11.3 Å². The van der Waals surface area contributed by atoms with Crippen LogP contribution in [0.2, 0.25) is 0 Å². The largest absolute Gasteiger partial charge is 0.338 e. The highest BCUT2D eigenvalue weighted by atomic mass is 32.1. The van der Waals surface area contributed by atoms with Crippen molar-refractivity contribution in [1.29, 1.82) is 0 Å². The van der Waals surface area contributed by atoms with Gasteiger partial charge in [-0.3, -0.25) is 4.79 Å². The zero-order valence-electron chi connectivity index (χ0n) is 20.7. The Morgan fingerprint density at radius 1 is 1.00 bits per heavy atom. The molecule has 7 heteroatoms. The molecule has 2 aliphatic heterocycles. The van der Waals surface area contributed by atoms with E-state index in [0.29, 0.717) is 11.8 Å². The van der Waals surface area contributed by atoms with Gasteiger partial charge in [-0.15, -0.1) is 0 Å². The molecule has 5 nitrogen and oxygen atoms in total. The number of aromatic nitrogens is 2. The molecule has 0 bridgehead atoms. The van der Waals surface area contributed by atoms with Gasteiger partial charge in [-0.2, -0.15) is 11.3 Å². The summed E-state index contributed by atoms with van der Waals surface area (Å²) in [6, 6.07) is 16.8. The summed E-state index contributed by atoms with van der Waals surface area (Å²) in [4.78, 5) is 22.2. The fourth-order valence-electron chi connectivity index (χ4n) is 5.50. The Balaban J connectivity index is 0.000000477. The maximum absolute atomic E-state index is 13.2. The summed E-state index contributed by atoms with van der Waals surface area (Å²) < 4.78 is 15.1. The molecule has 4 aromatic rings. The molecule has 0 radical (unpaired) electrons. The van der Waals surface area contributed by atoms with Crippen LogP contribution in [0.1, 0.15) is 41.1 Å². The van der Waals surface area contributed by atoms with Gasteiger partial charge in [-0.1, -0.05) is 30.3 Å². The number of thiophene rings is 1. The van der Waals surface area contributed by atoms with Crippen LogP contribution in [0, 0.1) is 11.7 Å². The lowest BCUT2D eigenvalue weighted by molar-refractivity contribution is 0.0783. The second-order valence-corrected chi connectivity index (χ2v) is 10.7. The molecule has 188 valence electrons. The fourth-order valence-corrected chi connectivity index (χ4v) is 5.95. The van der Waals surface area contributed by atoms with Crippen LogP contribution in [0.4, 0.5) is 4.39 Å². The number of piperidine rings is 1. The number of halogens is 1. The maximum Gasteiger partial charge on any atom is 0.256 e. The van der Waals surface area contributed by atoms with Crippen LogP contribution in [0.5, 0.6) is 0 Å². The Morgan fingerprint density at radius 3 is 2.44 bits per heavy atom. The van der Waals surface area contributed by atoms with E-state index in [0.717, 1.165) is 68.6 Å². The first-order valence-corrected chi connectivity index (χ1v) is 13.7. The molecular weight excluding hydrogens is 471 g/mol. The summed E-state index contributed by atoms with van der Waals surface area (Å²) in [7, 11) is 1.94. The van der Waals surface area contributed by atoms with E-state index in [1.807, 2.05) is 69.7 Å². The normalized spacial score (nSPS) is 18.8. The number of carbonyl (C=O) groups excluding carboxylic acids is 1. The summed E-state index contributed by atoms with van der Waals surface area (Å²) in [6.45, 7) is 4.84. The molecule has 1 amide bonds. The summed E-state index contributed by atoms with van der Waals surface area (Å²) in [5.41, 5.74) is 3.79. The van der Waals surface area contributed by atoms with E-state index in [-0.39, 0.29) is 11.7 Å². The molecule has 6 rings (SSSR count). The highest BCUT2D eigenvalue weighted by Crippen LogP contribution is 2.30. The molecule has 2 aliphatic rings. The van der Waals surface area contributed by atoms with Crippen molar-refractivity contribution in [2.24, 2.45) is 13.0 Å². The number of likely N-dealkylation sites (tertiary alicyclic amines) is 2. The van der Waals surface area contributed by atoms with Crippen molar-refractivity contribution >= 4 is 28.3 Å². The molecule has 0 N–H and O–H groups in total. The summed E-state index contributed by atoms with van der Waals surface area (Å²) >= 11 is 1.71. The van der Waals surface area contributed by atoms with Crippen LogP contribution in [0.15, 0.2) is 71.7 Å². The third-order valence-electron chi connectivity index (χ3n) is 7.41. The van der Waals surface area contributed by atoms with Gasteiger partial charge >= 0.3 is 0 Å². The fraction of sp³-hybridized carbons (Fsp3) is 0.379. The zero-order valence-corrected chi connectivity index (χ0v) is 21.5. The minimum atomic E-state index is -0.166. The van der Waals surface area contributed by atoms with Gasteiger partial charge < -0.3 is 14.4 Å². The monoisotopic (exact) mass is 504 g/mol. The minimum absolute atomic E-state index is 0.117. The van der Waals surface area contributed by atoms with Crippen LogP contribution < -0.4 is 0 Å². The van der Waals surface area contributed by atoms with Gasteiger partial charge in [0.05, 0.1) is 22.9 Å². The Bertz CT molecular complexity index is 1250. The first kappa shape index (κ1) is 24.7. The van der Waals surface area contributed by atoms with E-state index >= 15 is 0 Å². The second-order valence-electron chi connectivity index (χ2n) is 9.85. The Kier molecular flexibility index (Phi) is 7.78. The Hall–Kier alpha value is -3.03. The number of amides is 1. The van der Waals surface area contributed by atoms with Gasteiger partial charge in [0.2, 0.25) is 0 Å². The second kappa shape index (κ2) is 11.4. The molecule has 36 heavy (non-hydrogen) atoms. The number of hydrogen-bond acceptors (Lipinski definition) is 4. The molecule has 0 spiro atoms. The van der Waals surface area contributed by atoms with Crippen molar-refractivity contribution < 1.29 is 9.18 Å². The molecular formula is C29H33FN4OS. The van der Waals surface area contributed by atoms with Crippen molar-refractivity contribution in [1.82, 2.24) is 19.4 Å². The molecule has 1 atom stereocenters. The molecule has 2 saturated heterocycles. The number of carbonyl (C=O) groups is 1. The average molecular weight is 505 g/mol. The van der Waals surface area contributed by atoms with Crippen molar-refractivity contribution in [2.45, 2.75) is 25.2 Å². The predicted molar refractivity (Wildman–Crippen MR) is 144 cm³/mol. The van der Waals surface area contributed by atoms with Gasteiger partial charge in [0.15, 0.2) is 0 Å². The molecule has 2 aromatic heterocycles. The SMILES string of the molecule is Cn1cnc2cccc(C(=O)N3CC[C@H](CN4CCC(c5ccc(F)cc5)CC4)C3)c21.c1ccsc1. The number of hydrogen-bond donors (Lipinski definition) is 0. The van der Waals surface area contributed by atoms with E-state index in [9.17, 15) is 9.18 Å². The number of imidazole rings is 1. The summed E-state index contributed by atoms with van der Waals surface area (Å²) in [5.74, 6) is 1.00. The third-order valence-corrected chi connectivity index (χ3v) is 8.04. The quantitative estimate of drug-likeness (QED) is 0.353. The van der Waals surface area contributed by atoms with Crippen LogP contribution in [-0.4, -0.2) is 58.0 Å². The Labute approximate surface area is 216 Å². The average Bonchev–Trinajstić information content (AvgIpc) is 3.69. The standard InChI is InChI=1S/C25H29FN4O.C4H4S/c1-28-17-27-23-4-2-3-22(24(23)28)25(31)30-14-9-18(16-30)15-29-12-10-20(11-13-29)19-5-7-21(26)8-6-19;1-2-4-5-3-1/h2-8,17-18,20H,9-16H2,1H3;1-4H/t18-;/m1./s1. The smallest absolute Gasteiger partial charge is 0.256 e. The number of fused-ring (bicyclic) bond motifs is 1. The lowest BCUT2D eigenvalue weighted by Gasteiger charge is -2.33. The molecule has 0 saturated carbocycles. The maximum atomic E-state index is 13.2. The number of rotatable bonds is 4. The van der Waals surface area contributed by atoms with E-state index in [2.05, 4.69) is 9.88 Å². The number of para-hydroxylation sites is 1. The lowest BCUT2D eigenvalue weighted by atomic mass is 9.89. The third kappa shape index (κ3) is 5.68. The predicted octanol–water partition coefficient (Wildman–Crippen LogP) is 5.80. The molecule has 2 fully saturated rings. The van der Waals surface area contributed by atoms with Crippen LogP contribution in [0.3, 0.4) is 0 Å². The molecule has 4 heterocycles. The first-order chi connectivity index (χ1) is 17.6. The zero-order chi connectivity index (χ0) is 24.9. The van der Waals surface area contributed by atoms with E-state index in [4.69, 9.17) is 0 Å². The van der Waals surface area contributed by atoms with E-state index in [1.54, 1.807) is 29.8 Å². The van der Waals surface area contributed by atoms with Gasteiger partial charge in [-0.05, 0) is 84.8 Å². The number of nitrogens with zero attached hydrogens (tertiary/aromatic N) is 4. The lowest BCUT2D eigenvalue weighted by Crippen LogP contribution is -2.37. The number of benzene rings is 2. The van der Waals surface area contributed by atoms with Crippen molar-refractivity contribution in [3.63, 3.8) is 0 Å². The Morgan fingerprint density at radius 2 is 1.75 bits per heavy atom. The first-order valence-electron chi connectivity index (χ1n) is 12.7. The molecule has 0 aliphatic carbocycles. The van der Waals surface area contributed by atoms with Gasteiger partial charge in [-0.25, -0.2) is 9.37 Å². The minimum Gasteiger partial charge on any atom is -0.338 e. The van der Waals surface area contributed by atoms with E-state index < -0.39 is 0 Å². The molecule has 0 unspecified atom stereocenters. The summed E-state index contributed by atoms with van der Waals surface area (Å²) in [5, 5.41) is 4.08.